The smallest absolute Gasteiger partial charge is 0.228 e. The highest BCUT2D eigenvalue weighted by atomic mass is 32.1. The molecular formula is C17H24N4OS. The molecule has 2 aromatic heterocycles. The molecule has 1 aliphatic heterocycles. The van der Waals surface area contributed by atoms with Crippen molar-refractivity contribution in [3.05, 3.63) is 39.6 Å². The first kappa shape index (κ1) is 16.2. The van der Waals surface area contributed by atoms with Gasteiger partial charge in [-0.1, -0.05) is 0 Å². The van der Waals surface area contributed by atoms with E-state index in [0.29, 0.717) is 6.42 Å². The topological polar surface area (TPSA) is 41.4 Å². The van der Waals surface area contributed by atoms with Crippen LogP contribution in [0, 0.1) is 6.92 Å². The molecule has 0 saturated heterocycles. The quantitative estimate of drug-likeness (QED) is 0.864. The second-order valence-electron chi connectivity index (χ2n) is 6.41. The van der Waals surface area contributed by atoms with Gasteiger partial charge in [0.2, 0.25) is 5.91 Å². The van der Waals surface area contributed by atoms with E-state index in [1.165, 1.54) is 9.75 Å². The van der Waals surface area contributed by atoms with E-state index in [-0.39, 0.29) is 11.9 Å². The number of likely N-dealkylation sites (N-methyl/N-ethyl adjacent to an activating group) is 1. The Kier molecular flexibility index (Phi) is 4.55. The number of amides is 1. The van der Waals surface area contributed by atoms with Crippen molar-refractivity contribution in [3.8, 4) is 0 Å². The van der Waals surface area contributed by atoms with Crippen LogP contribution in [0.1, 0.15) is 34.2 Å². The van der Waals surface area contributed by atoms with Crippen LogP contribution in [0.15, 0.2) is 18.3 Å². The fraction of sp³-hybridized carbons (Fsp3) is 0.529. The first-order valence-electron chi connectivity index (χ1n) is 7.99. The predicted molar refractivity (Wildman–Crippen MR) is 92.5 cm³/mol. The molecule has 0 aromatic carbocycles. The lowest BCUT2D eigenvalue weighted by molar-refractivity contribution is -0.128. The highest BCUT2D eigenvalue weighted by molar-refractivity contribution is 7.11. The van der Waals surface area contributed by atoms with E-state index in [4.69, 9.17) is 4.98 Å². The van der Waals surface area contributed by atoms with Crippen molar-refractivity contribution in [1.29, 1.82) is 0 Å². The van der Waals surface area contributed by atoms with Gasteiger partial charge in [0.25, 0.3) is 0 Å². The SMILES string of the molecule is Cc1ccc(CN2CCn3cc(CC(=O)N(C)C)nc3[C@@H]2C)s1. The fourth-order valence-corrected chi connectivity index (χ4v) is 3.89. The maximum atomic E-state index is 11.9. The van der Waals surface area contributed by atoms with Gasteiger partial charge < -0.3 is 9.47 Å². The van der Waals surface area contributed by atoms with Crippen molar-refractivity contribution in [3.63, 3.8) is 0 Å². The molecule has 0 radical (unpaired) electrons. The van der Waals surface area contributed by atoms with E-state index in [0.717, 1.165) is 31.2 Å². The van der Waals surface area contributed by atoms with Crippen molar-refractivity contribution >= 4 is 17.2 Å². The Morgan fingerprint density at radius 1 is 1.39 bits per heavy atom. The summed E-state index contributed by atoms with van der Waals surface area (Å²) in [6, 6.07) is 4.67. The lowest BCUT2D eigenvalue weighted by Crippen LogP contribution is -2.36. The van der Waals surface area contributed by atoms with Gasteiger partial charge in [0, 0.05) is 49.7 Å². The summed E-state index contributed by atoms with van der Waals surface area (Å²) in [7, 11) is 3.57. The Bertz CT molecular complexity index is 703. The number of carbonyl (C=O) groups is 1. The van der Waals surface area contributed by atoms with E-state index in [9.17, 15) is 4.79 Å². The van der Waals surface area contributed by atoms with Crippen LogP contribution in [-0.4, -0.2) is 45.9 Å². The second kappa shape index (κ2) is 6.45. The van der Waals surface area contributed by atoms with E-state index in [2.05, 4.69) is 35.4 Å². The van der Waals surface area contributed by atoms with E-state index in [1.807, 2.05) is 17.5 Å². The van der Waals surface area contributed by atoms with E-state index in [1.54, 1.807) is 19.0 Å². The highest BCUT2D eigenvalue weighted by Gasteiger charge is 2.27. The lowest BCUT2D eigenvalue weighted by atomic mass is 10.2. The molecule has 0 aliphatic carbocycles. The summed E-state index contributed by atoms with van der Waals surface area (Å²) in [6.45, 7) is 7.28. The van der Waals surface area contributed by atoms with Crippen molar-refractivity contribution < 1.29 is 4.79 Å². The molecule has 0 bridgehead atoms. The molecule has 0 spiro atoms. The molecule has 0 N–H and O–H groups in total. The average molecular weight is 332 g/mol. The predicted octanol–water partition coefficient (Wildman–Crippen LogP) is 2.46. The first-order valence-corrected chi connectivity index (χ1v) is 8.81. The van der Waals surface area contributed by atoms with Crippen LogP contribution in [0.5, 0.6) is 0 Å². The van der Waals surface area contributed by atoms with Crippen molar-refractivity contribution in [2.24, 2.45) is 0 Å². The Labute approximate surface area is 141 Å². The number of fused-ring (bicyclic) bond motifs is 1. The molecule has 0 saturated carbocycles. The van der Waals surface area contributed by atoms with Crippen LogP contribution in [0.4, 0.5) is 0 Å². The molecule has 1 aliphatic rings. The Balaban J connectivity index is 1.73. The molecule has 1 atom stereocenters. The zero-order valence-corrected chi connectivity index (χ0v) is 15.1. The minimum Gasteiger partial charge on any atom is -0.348 e. The molecular weight excluding hydrogens is 308 g/mol. The Morgan fingerprint density at radius 2 is 2.17 bits per heavy atom. The number of aromatic nitrogens is 2. The molecule has 0 unspecified atom stereocenters. The largest absolute Gasteiger partial charge is 0.348 e. The number of rotatable bonds is 4. The third kappa shape index (κ3) is 3.48. The minimum atomic E-state index is 0.0963. The van der Waals surface area contributed by atoms with Gasteiger partial charge in [-0.05, 0) is 26.0 Å². The highest BCUT2D eigenvalue weighted by Crippen LogP contribution is 2.28. The number of nitrogens with zero attached hydrogens (tertiary/aromatic N) is 4. The van der Waals surface area contributed by atoms with Gasteiger partial charge in [0.05, 0.1) is 18.2 Å². The summed E-state index contributed by atoms with van der Waals surface area (Å²) < 4.78 is 2.21. The van der Waals surface area contributed by atoms with Gasteiger partial charge in [-0.15, -0.1) is 11.3 Å². The monoisotopic (exact) mass is 332 g/mol. The number of imidazole rings is 1. The summed E-state index contributed by atoms with van der Waals surface area (Å²) >= 11 is 1.86. The molecule has 1 amide bonds. The summed E-state index contributed by atoms with van der Waals surface area (Å²) in [4.78, 5) is 23.4. The number of carbonyl (C=O) groups excluding carboxylic acids is 1. The van der Waals surface area contributed by atoms with Gasteiger partial charge in [-0.2, -0.15) is 0 Å². The number of hydrogen-bond acceptors (Lipinski definition) is 4. The normalized spacial score (nSPS) is 18.0. The van der Waals surface area contributed by atoms with Gasteiger partial charge in [-0.3, -0.25) is 9.69 Å². The fourth-order valence-electron chi connectivity index (χ4n) is 2.98. The van der Waals surface area contributed by atoms with Crippen molar-refractivity contribution in [2.45, 2.75) is 39.4 Å². The van der Waals surface area contributed by atoms with Crippen molar-refractivity contribution in [1.82, 2.24) is 19.4 Å². The number of aryl methyl sites for hydroxylation is 1. The van der Waals surface area contributed by atoms with Gasteiger partial charge in [0.15, 0.2) is 0 Å². The van der Waals surface area contributed by atoms with Gasteiger partial charge in [0.1, 0.15) is 5.82 Å². The maximum absolute atomic E-state index is 11.9. The molecule has 23 heavy (non-hydrogen) atoms. The van der Waals surface area contributed by atoms with Crippen LogP contribution in [0.3, 0.4) is 0 Å². The zero-order chi connectivity index (χ0) is 16.6. The molecule has 3 heterocycles. The Hall–Kier alpha value is -1.66. The van der Waals surface area contributed by atoms with Gasteiger partial charge in [-0.25, -0.2) is 4.98 Å². The Morgan fingerprint density at radius 3 is 2.83 bits per heavy atom. The molecule has 6 heteroatoms. The lowest BCUT2D eigenvalue weighted by Gasteiger charge is -2.33. The third-order valence-electron chi connectivity index (χ3n) is 4.39. The molecule has 124 valence electrons. The minimum absolute atomic E-state index is 0.0963. The molecule has 3 rings (SSSR count). The van der Waals surface area contributed by atoms with Crippen LogP contribution in [0.25, 0.3) is 0 Å². The molecule has 2 aromatic rings. The van der Waals surface area contributed by atoms with Crippen LogP contribution in [0.2, 0.25) is 0 Å². The summed E-state index contributed by atoms with van der Waals surface area (Å²) in [5.41, 5.74) is 0.874. The second-order valence-corrected chi connectivity index (χ2v) is 7.78. The molecule has 0 fully saturated rings. The summed E-state index contributed by atoms with van der Waals surface area (Å²) in [5.74, 6) is 1.17. The number of thiophene rings is 1. The van der Waals surface area contributed by atoms with Gasteiger partial charge >= 0.3 is 0 Å². The molecule has 5 nitrogen and oxygen atoms in total. The zero-order valence-electron chi connectivity index (χ0n) is 14.2. The summed E-state index contributed by atoms with van der Waals surface area (Å²) in [5, 5.41) is 0. The third-order valence-corrected chi connectivity index (χ3v) is 5.38. The average Bonchev–Trinajstić information content (AvgIpc) is 3.08. The van der Waals surface area contributed by atoms with Crippen LogP contribution >= 0.6 is 11.3 Å². The van der Waals surface area contributed by atoms with Crippen molar-refractivity contribution in [2.75, 3.05) is 20.6 Å². The number of hydrogen-bond donors (Lipinski definition) is 0. The summed E-state index contributed by atoms with van der Waals surface area (Å²) in [6.07, 6.45) is 2.42. The first-order chi connectivity index (χ1) is 10.9. The van der Waals surface area contributed by atoms with Crippen LogP contribution < -0.4 is 0 Å². The standard InChI is InChI=1S/C17H24N4OS/c1-12-5-6-15(23-12)11-20-7-8-21-10-14(9-16(22)19(3)4)18-17(21)13(20)2/h5-6,10,13H,7-9,11H2,1-4H3/t13-/m0/s1. The van der Waals surface area contributed by atoms with E-state index < -0.39 is 0 Å². The maximum Gasteiger partial charge on any atom is 0.228 e. The van der Waals surface area contributed by atoms with Crippen LogP contribution in [-0.2, 0) is 24.3 Å². The van der Waals surface area contributed by atoms with E-state index >= 15 is 0 Å².